The topological polar surface area (TPSA) is 32.3 Å². The SMILES string of the molecule is CSc1ccc(CC(C)NC[C@H](O)c2ccccc2)cc1. The summed E-state index contributed by atoms with van der Waals surface area (Å²) in [7, 11) is 0. The lowest BCUT2D eigenvalue weighted by Crippen LogP contribution is -2.32. The normalized spacial score (nSPS) is 13.9. The average Bonchev–Trinajstić information content (AvgIpc) is 2.54. The van der Waals surface area contributed by atoms with E-state index < -0.39 is 6.10 Å². The third kappa shape index (κ3) is 5.20. The standard InChI is InChI=1S/C18H23NOS/c1-14(12-15-8-10-17(21-2)11-9-15)19-13-18(20)16-6-4-3-5-7-16/h3-11,14,18-20H,12-13H2,1-2H3/t14?,18-/m0/s1. The van der Waals surface area contributed by atoms with Gasteiger partial charge in [-0.15, -0.1) is 11.8 Å². The number of aliphatic hydroxyl groups is 1. The highest BCUT2D eigenvalue weighted by atomic mass is 32.2. The second-order valence-electron chi connectivity index (χ2n) is 5.29. The predicted octanol–water partition coefficient (Wildman–Crippen LogP) is 3.66. The molecule has 0 aliphatic carbocycles. The fourth-order valence-corrected chi connectivity index (χ4v) is 2.70. The minimum absolute atomic E-state index is 0.337. The summed E-state index contributed by atoms with van der Waals surface area (Å²) in [5.41, 5.74) is 2.28. The first kappa shape index (κ1) is 16.1. The van der Waals surface area contributed by atoms with E-state index in [1.807, 2.05) is 30.3 Å². The molecule has 0 fully saturated rings. The Morgan fingerprint density at radius 2 is 1.71 bits per heavy atom. The summed E-state index contributed by atoms with van der Waals surface area (Å²) in [5, 5.41) is 13.5. The molecule has 0 saturated heterocycles. The van der Waals surface area contributed by atoms with Crippen molar-refractivity contribution in [1.82, 2.24) is 5.32 Å². The summed E-state index contributed by atoms with van der Waals surface area (Å²) in [6, 6.07) is 18.8. The lowest BCUT2D eigenvalue weighted by molar-refractivity contribution is 0.170. The lowest BCUT2D eigenvalue weighted by atomic mass is 10.1. The van der Waals surface area contributed by atoms with Crippen LogP contribution in [-0.2, 0) is 6.42 Å². The molecular weight excluding hydrogens is 278 g/mol. The summed E-state index contributed by atoms with van der Waals surface area (Å²) in [5.74, 6) is 0. The molecule has 0 amide bonds. The van der Waals surface area contributed by atoms with Crippen molar-refractivity contribution in [3.05, 3.63) is 65.7 Å². The zero-order valence-electron chi connectivity index (χ0n) is 12.6. The summed E-state index contributed by atoms with van der Waals surface area (Å²) < 4.78 is 0. The maximum absolute atomic E-state index is 10.1. The van der Waals surface area contributed by atoms with E-state index in [-0.39, 0.29) is 0 Å². The molecule has 0 bridgehead atoms. The van der Waals surface area contributed by atoms with Crippen molar-refractivity contribution in [1.29, 1.82) is 0 Å². The number of thioether (sulfide) groups is 1. The number of hydrogen-bond donors (Lipinski definition) is 2. The molecule has 2 aromatic rings. The third-order valence-electron chi connectivity index (χ3n) is 3.54. The summed E-state index contributed by atoms with van der Waals surface area (Å²) in [4.78, 5) is 1.29. The molecule has 2 aromatic carbocycles. The van der Waals surface area contributed by atoms with Crippen LogP contribution in [-0.4, -0.2) is 23.9 Å². The van der Waals surface area contributed by atoms with E-state index >= 15 is 0 Å². The fraction of sp³-hybridized carbons (Fsp3) is 0.333. The highest BCUT2D eigenvalue weighted by Crippen LogP contribution is 2.16. The smallest absolute Gasteiger partial charge is 0.0914 e. The zero-order valence-corrected chi connectivity index (χ0v) is 13.4. The molecule has 0 aliphatic heterocycles. The molecule has 2 N–H and O–H groups in total. The molecule has 0 aromatic heterocycles. The quantitative estimate of drug-likeness (QED) is 0.766. The molecule has 112 valence electrons. The highest BCUT2D eigenvalue weighted by Gasteiger charge is 2.09. The summed E-state index contributed by atoms with van der Waals surface area (Å²) in [6.07, 6.45) is 2.60. The molecule has 0 spiro atoms. The summed E-state index contributed by atoms with van der Waals surface area (Å²) >= 11 is 1.76. The van der Waals surface area contributed by atoms with Crippen molar-refractivity contribution in [3.63, 3.8) is 0 Å². The molecule has 2 atom stereocenters. The first-order valence-electron chi connectivity index (χ1n) is 7.28. The second-order valence-corrected chi connectivity index (χ2v) is 6.17. The predicted molar refractivity (Wildman–Crippen MR) is 90.8 cm³/mol. The molecule has 2 rings (SSSR count). The van der Waals surface area contributed by atoms with Crippen LogP contribution in [0.4, 0.5) is 0 Å². The van der Waals surface area contributed by atoms with E-state index in [4.69, 9.17) is 0 Å². The van der Waals surface area contributed by atoms with Gasteiger partial charge in [0.15, 0.2) is 0 Å². The first-order valence-corrected chi connectivity index (χ1v) is 8.51. The van der Waals surface area contributed by atoms with Crippen LogP contribution in [0.3, 0.4) is 0 Å². The average molecular weight is 301 g/mol. The van der Waals surface area contributed by atoms with E-state index in [1.54, 1.807) is 11.8 Å². The van der Waals surface area contributed by atoms with Crippen molar-refractivity contribution < 1.29 is 5.11 Å². The Bertz CT molecular complexity index is 527. The van der Waals surface area contributed by atoms with Crippen LogP contribution in [0.5, 0.6) is 0 Å². The number of hydrogen-bond acceptors (Lipinski definition) is 3. The van der Waals surface area contributed by atoms with E-state index in [0.29, 0.717) is 12.6 Å². The van der Waals surface area contributed by atoms with Gasteiger partial charge in [0.1, 0.15) is 0 Å². The van der Waals surface area contributed by atoms with Gasteiger partial charge in [-0.05, 0) is 42.9 Å². The fourth-order valence-electron chi connectivity index (χ4n) is 2.29. The van der Waals surface area contributed by atoms with Crippen LogP contribution in [0, 0.1) is 0 Å². The summed E-state index contributed by atoms with van der Waals surface area (Å²) in [6.45, 7) is 2.73. The minimum Gasteiger partial charge on any atom is -0.387 e. The second kappa shape index (κ2) is 8.23. The molecule has 0 saturated carbocycles. The Morgan fingerprint density at radius 3 is 2.33 bits per heavy atom. The molecule has 2 nitrogen and oxygen atoms in total. The van der Waals surface area contributed by atoms with Gasteiger partial charge >= 0.3 is 0 Å². The number of benzene rings is 2. The van der Waals surface area contributed by atoms with E-state index in [9.17, 15) is 5.11 Å². The van der Waals surface area contributed by atoms with Gasteiger partial charge < -0.3 is 10.4 Å². The zero-order chi connectivity index (χ0) is 15.1. The van der Waals surface area contributed by atoms with E-state index in [2.05, 4.69) is 42.8 Å². The molecule has 0 heterocycles. The van der Waals surface area contributed by atoms with Crippen LogP contribution in [0.25, 0.3) is 0 Å². The Balaban J connectivity index is 1.80. The Morgan fingerprint density at radius 1 is 1.05 bits per heavy atom. The van der Waals surface area contributed by atoms with Crippen molar-refractivity contribution in [2.75, 3.05) is 12.8 Å². The van der Waals surface area contributed by atoms with Crippen molar-refractivity contribution >= 4 is 11.8 Å². The third-order valence-corrected chi connectivity index (χ3v) is 4.29. The van der Waals surface area contributed by atoms with Gasteiger partial charge in [0, 0.05) is 17.5 Å². The molecular formula is C18H23NOS. The molecule has 21 heavy (non-hydrogen) atoms. The monoisotopic (exact) mass is 301 g/mol. The van der Waals surface area contributed by atoms with Crippen LogP contribution >= 0.6 is 11.8 Å². The number of aliphatic hydroxyl groups excluding tert-OH is 1. The minimum atomic E-state index is -0.451. The van der Waals surface area contributed by atoms with Crippen LogP contribution in [0.2, 0.25) is 0 Å². The highest BCUT2D eigenvalue weighted by molar-refractivity contribution is 7.98. The van der Waals surface area contributed by atoms with Crippen LogP contribution in [0.15, 0.2) is 59.5 Å². The molecule has 0 aliphatic rings. The van der Waals surface area contributed by atoms with Crippen molar-refractivity contribution in [2.45, 2.75) is 30.4 Å². The maximum Gasteiger partial charge on any atom is 0.0914 e. The largest absolute Gasteiger partial charge is 0.387 e. The van der Waals surface area contributed by atoms with Gasteiger partial charge in [-0.1, -0.05) is 42.5 Å². The molecule has 1 unspecified atom stereocenters. The van der Waals surface area contributed by atoms with Crippen molar-refractivity contribution in [2.24, 2.45) is 0 Å². The van der Waals surface area contributed by atoms with Crippen molar-refractivity contribution in [3.8, 4) is 0 Å². The maximum atomic E-state index is 10.1. The van der Waals surface area contributed by atoms with Gasteiger partial charge in [0.2, 0.25) is 0 Å². The Kier molecular flexibility index (Phi) is 6.30. The van der Waals surface area contributed by atoms with Crippen LogP contribution in [0.1, 0.15) is 24.2 Å². The molecule has 3 heteroatoms. The lowest BCUT2D eigenvalue weighted by Gasteiger charge is -2.17. The van der Waals surface area contributed by atoms with Gasteiger partial charge in [0.25, 0.3) is 0 Å². The van der Waals surface area contributed by atoms with Gasteiger partial charge in [-0.25, -0.2) is 0 Å². The molecule has 0 radical (unpaired) electrons. The van der Waals surface area contributed by atoms with E-state index in [0.717, 1.165) is 12.0 Å². The first-order chi connectivity index (χ1) is 10.2. The van der Waals surface area contributed by atoms with E-state index in [1.165, 1.54) is 10.5 Å². The Hall–Kier alpha value is -1.29. The number of rotatable bonds is 7. The van der Waals surface area contributed by atoms with Crippen LogP contribution < -0.4 is 5.32 Å². The Labute approximate surface area is 131 Å². The van der Waals surface area contributed by atoms with Gasteiger partial charge in [-0.2, -0.15) is 0 Å². The van der Waals surface area contributed by atoms with Gasteiger partial charge in [-0.3, -0.25) is 0 Å². The number of nitrogens with one attached hydrogen (secondary N) is 1. The van der Waals surface area contributed by atoms with Gasteiger partial charge in [0.05, 0.1) is 6.10 Å².